The Kier molecular flexibility index (Phi) is 9.10. The van der Waals surface area contributed by atoms with Crippen LogP contribution >= 0.6 is 23.2 Å². The van der Waals surface area contributed by atoms with Crippen LogP contribution < -0.4 is 10.1 Å². The summed E-state index contributed by atoms with van der Waals surface area (Å²) in [6, 6.07) is 12.4. The van der Waals surface area contributed by atoms with Crippen LogP contribution in [0.25, 0.3) is 16.9 Å². The quantitative estimate of drug-likeness (QED) is 0.161. The fraction of sp³-hybridized carbons (Fsp3) is 0.333. The van der Waals surface area contributed by atoms with Crippen molar-refractivity contribution in [2.45, 2.75) is 44.6 Å². The molecule has 0 spiro atoms. The van der Waals surface area contributed by atoms with Crippen molar-refractivity contribution in [3.63, 3.8) is 0 Å². The van der Waals surface area contributed by atoms with Crippen molar-refractivity contribution in [1.82, 2.24) is 15.1 Å². The maximum atomic E-state index is 13.3. The number of rotatable bonds is 8. The molecule has 0 atom stereocenters. The number of hydrogen-bond donors (Lipinski definition) is 1. The molecule has 3 aromatic rings. The maximum absolute atomic E-state index is 13.3. The molecular weight excluding hydrogens is 531 g/mol. The predicted octanol–water partition coefficient (Wildman–Crippen LogP) is 5.87. The summed E-state index contributed by atoms with van der Waals surface area (Å²) < 4.78 is 7.32. The molecule has 38 heavy (non-hydrogen) atoms. The van der Waals surface area contributed by atoms with E-state index in [0.717, 1.165) is 31.2 Å². The molecule has 0 radical (unpaired) electrons. The van der Waals surface area contributed by atoms with E-state index in [1.165, 1.54) is 13.5 Å². The number of halogens is 2. The minimum atomic E-state index is -0.844. The van der Waals surface area contributed by atoms with Gasteiger partial charge in [0.2, 0.25) is 0 Å². The summed E-state index contributed by atoms with van der Waals surface area (Å²) in [6.07, 6.45) is 5.44. The molecule has 9 nitrogen and oxygen atoms in total. The molecule has 1 N–H and O–H groups in total. The normalized spacial score (nSPS) is 13.3. The lowest BCUT2D eigenvalue weighted by atomic mass is 9.95. The van der Waals surface area contributed by atoms with E-state index in [1.807, 2.05) is 12.1 Å². The molecular formula is C27H26Cl2N4O5. The molecule has 2 aromatic carbocycles. The molecule has 0 bridgehead atoms. The number of nitrogens with zero attached hydrogens (tertiary/aromatic N) is 3. The highest BCUT2D eigenvalue weighted by molar-refractivity contribution is 6.35. The average Bonchev–Trinajstić information content (AvgIpc) is 3.29. The first-order chi connectivity index (χ1) is 18.4. The van der Waals surface area contributed by atoms with Crippen LogP contribution in [0, 0.1) is 22.0 Å². The minimum absolute atomic E-state index is 0.0952. The Morgan fingerprint density at radius 3 is 2.58 bits per heavy atom. The lowest BCUT2D eigenvalue weighted by molar-refractivity contribution is -0.757. The van der Waals surface area contributed by atoms with Gasteiger partial charge >= 0.3 is 0 Å². The number of carbonyl (C=O) groups excluding carboxylic acids is 1. The SMILES string of the molecule is COc1c(C(=O)NC2CCCCC2)nn(-c2ccc(Cl)cc2Cl)c1-c1ccc(C#CCCO[N+](=O)[O-])cc1. The molecule has 1 aliphatic carbocycles. The summed E-state index contributed by atoms with van der Waals surface area (Å²) in [7, 11) is 1.50. The van der Waals surface area contributed by atoms with Crippen molar-refractivity contribution in [1.29, 1.82) is 0 Å². The summed E-state index contributed by atoms with van der Waals surface area (Å²) >= 11 is 12.7. The van der Waals surface area contributed by atoms with E-state index in [2.05, 4.69) is 27.1 Å². The third-order valence-electron chi connectivity index (χ3n) is 6.15. The number of benzene rings is 2. The highest BCUT2D eigenvalue weighted by Gasteiger charge is 2.28. The molecule has 0 aliphatic heterocycles. The standard InChI is InChI=1S/C27H26Cl2N4O5/c1-37-26-24(27(34)30-21-8-3-2-4-9-21)31-32(23-15-14-20(28)17-22(23)29)25(26)19-12-10-18(11-13-19)7-5-6-16-38-33(35)36/h10-15,17,21H,2-4,6,8-9,16H2,1H3,(H,30,34). The van der Waals surface area contributed by atoms with Gasteiger partial charge in [-0.1, -0.05) is 66.4 Å². The molecule has 0 saturated heterocycles. The van der Waals surface area contributed by atoms with Crippen molar-refractivity contribution < 1.29 is 19.5 Å². The van der Waals surface area contributed by atoms with Gasteiger partial charge in [-0.15, -0.1) is 10.1 Å². The lowest BCUT2D eigenvalue weighted by Crippen LogP contribution is -2.36. The van der Waals surface area contributed by atoms with Crippen molar-refractivity contribution in [2.75, 3.05) is 13.7 Å². The van der Waals surface area contributed by atoms with Gasteiger partial charge in [-0.25, -0.2) is 4.68 Å². The third kappa shape index (κ3) is 6.57. The number of ether oxygens (including phenoxy) is 1. The Morgan fingerprint density at radius 2 is 1.92 bits per heavy atom. The van der Waals surface area contributed by atoms with Crippen molar-refractivity contribution in [2.24, 2.45) is 0 Å². The van der Waals surface area contributed by atoms with Crippen LogP contribution in [0.4, 0.5) is 0 Å². The van der Waals surface area contributed by atoms with Crippen LogP contribution in [0.3, 0.4) is 0 Å². The molecule has 1 fully saturated rings. The van der Waals surface area contributed by atoms with Crippen LogP contribution in [0.5, 0.6) is 5.75 Å². The second-order valence-electron chi connectivity index (χ2n) is 8.73. The van der Waals surface area contributed by atoms with E-state index < -0.39 is 5.09 Å². The van der Waals surface area contributed by atoms with E-state index in [-0.39, 0.29) is 30.7 Å². The van der Waals surface area contributed by atoms with Gasteiger partial charge in [0.15, 0.2) is 11.4 Å². The van der Waals surface area contributed by atoms with Gasteiger partial charge in [0.05, 0.1) is 17.8 Å². The largest absolute Gasteiger partial charge is 0.492 e. The molecule has 0 unspecified atom stereocenters. The summed E-state index contributed by atoms with van der Waals surface area (Å²) in [4.78, 5) is 27.9. The van der Waals surface area contributed by atoms with Crippen LogP contribution in [-0.2, 0) is 4.84 Å². The topological polar surface area (TPSA) is 109 Å². The zero-order valence-corrected chi connectivity index (χ0v) is 22.2. The van der Waals surface area contributed by atoms with Gasteiger partial charge in [0.25, 0.3) is 11.0 Å². The average molecular weight is 557 g/mol. The first-order valence-corrected chi connectivity index (χ1v) is 12.9. The number of nitrogens with one attached hydrogen (secondary N) is 1. The summed E-state index contributed by atoms with van der Waals surface area (Å²) in [5.74, 6) is 5.80. The number of aromatic nitrogens is 2. The zero-order chi connectivity index (χ0) is 27.1. The Balaban J connectivity index is 1.71. The van der Waals surface area contributed by atoms with Crippen molar-refractivity contribution in [3.8, 4) is 34.5 Å². The van der Waals surface area contributed by atoms with Gasteiger partial charge in [0, 0.05) is 28.6 Å². The highest BCUT2D eigenvalue weighted by Crippen LogP contribution is 2.38. The van der Waals surface area contributed by atoms with E-state index in [4.69, 9.17) is 27.9 Å². The number of hydrogen-bond acceptors (Lipinski definition) is 6. The first kappa shape index (κ1) is 27.3. The van der Waals surface area contributed by atoms with Crippen LogP contribution in [0.15, 0.2) is 42.5 Å². The fourth-order valence-corrected chi connectivity index (χ4v) is 4.86. The summed E-state index contributed by atoms with van der Waals surface area (Å²) in [5, 5.41) is 18.0. The van der Waals surface area contributed by atoms with Gasteiger partial charge in [0.1, 0.15) is 12.3 Å². The van der Waals surface area contributed by atoms with E-state index in [0.29, 0.717) is 32.7 Å². The van der Waals surface area contributed by atoms with Gasteiger partial charge in [-0.2, -0.15) is 5.10 Å². The summed E-state index contributed by atoms with van der Waals surface area (Å²) in [6.45, 7) is -0.0952. The molecule has 198 valence electrons. The molecule has 1 aliphatic rings. The lowest BCUT2D eigenvalue weighted by Gasteiger charge is -2.22. The van der Waals surface area contributed by atoms with Crippen LogP contribution in [0.1, 0.15) is 54.6 Å². The highest BCUT2D eigenvalue weighted by atomic mass is 35.5. The Hall–Kier alpha value is -3.74. The molecule has 1 aromatic heterocycles. The van der Waals surface area contributed by atoms with Crippen LogP contribution in [-0.4, -0.2) is 40.5 Å². The van der Waals surface area contributed by atoms with E-state index in [1.54, 1.807) is 35.0 Å². The number of carbonyl (C=O) groups is 1. The number of amides is 1. The zero-order valence-electron chi connectivity index (χ0n) is 20.7. The number of methoxy groups -OCH3 is 1. The van der Waals surface area contributed by atoms with Crippen LogP contribution in [0.2, 0.25) is 10.0 Å². The fourth-order valence-electron chi connectivity index (χ4n) is 4.37. The Bertz CT molecular complexity index is 1370. The van der Waals surface area contributed by atoms with Crippen molar-refractivity contribution in [3.05, 3.63) is 73.9 Å². The van der Waals surface area contributed by atoms with Gasteiger partial charge in [-0.3, -0.25) is 4.79 Å². The minimum Gasteiger partial charge on any atom is -0.492 e. The van der Waals surface area contributed by atoms with E-state index >= 15 is 0 Å². The smallest absolute Gasteiger partial charge is 0.294 e. The van der Waals surface area contributed by atoms with Crippen molar-refractivity contribution >= 4 is 29.1 Å². The molecule has 11 heteroatoms. The van der Waals surface area contributed by atoms with E-state index in [9.17, 15) is 14.9 Å². The first-order valence-electron chi connectivity index (χ1n) is 12.2. The maximum Gasteiger partial charge on any atom is 0.294 e. The predicted molar refractivity (Wildman–Crippen MR) is 144 cm³/mol. The molecule has 1 saturated carbocycles. The molecule has 1 heterocycles. The molecule has 4 rings (SSSR count). The Labute approximate surface area is 230 Å². The Morgan fingerprint density at radius 1 is 1.18 bits per heavy atom. The molecule has 1 amide bonds. The van der Waals surface area contributed by atoms with Gasteiger partial charge in [-0.05, 0) is 43.2 Å². The van der Waals surface area contributed by atoms with Gasteiger partial charge < -0.3 is 14.9 Å². The second kappa shape index (κ2) is 12.7. The summed E-state index contributed by atoms with van der Waals surface area (Å²) in [5.41, 5.74) is 2.67. The monoisotopic (exact) mass is 556 g/mol. The second-order valence-corrected chi connectivity index (χ2v) is 9.58. The third-order valence-corrected chi connectivity index (χ3v) is 6.69.